The number of nitrogens with one attached hydrogen (secondary N) is 1. The second-order valence-electron chi connectivity index (χ2n) is 7.49. The Balaban J connectivity index is 1.83. The summed E-state index contributed by atoms with van der Waals surface area (Å²) >= 11 is 0. The maximum absolute atomic E-state index is 12.9. The van der Waals surface area contributed by atoms with Crippen molar-refractivity contribution in [3.8, 4) is 0 Å². The Morgan fingerprint density at radius 3 is 2.59 bits per heavy atom. The summed E-state index contributed by atoms with van der Waals surface area (Å²) in [6.45, 7) is 11.3. The fourth-order valence-electron chi connectivity index (χ4n) is 4.01. The number of piperidine rings is 1. The highest BCUT2D eigenvalue weighted by Gasteiger charge is 2.41. The number of rotatable bonds is 2. The van der Waals surface area contributed by atoms with Gasteiger partial charge in [0.05, 0.1) is 11.7 Å². The fourth-order valence-corrected chi connectivity index (χ4v) is 4.01. The van der Waals surface area contributed by atoms with Crippen LogP contribution < -0.4 is 5.32 Å². The molecule has 2 saturated heterocycles. The van der Waals surface area contributed by atoms with E-state index in [2.05, 4.69) is 36.4 Å². The molecule has 1 aromatic heterocycles. The predicted molar refractivity (Wildman–Crippen MR) is 84.8 cm³/mol. The highest BCUT2D eigenvalue weighted by Crippen LogP contribution is 2.33. The zero-order valence-corrected chi connectivity index (χ0v) is 14.1. The highest BCUT2D eigenvalue weighted by atomic mass is 16.2. The molecule has 1 unspecified atom stereocenters. The summed E-state index contributed by atoms with van der Waals surface area (Å²) in [5.41, 5.74) is 1.34. The number of amides is 1. The molecule has 0 aliphatic carbocycles. The maximum Gasteiger partial charge on any atom is 0.276 e. The molecule has 0 spiro atoms. The largest absolute Gasteiger partial charge is 0.332 e. The summed E-state index contributed by atoms with van der Waals surface area (Å²) in [4.78, 5) is 14.9. The molecule has 2 fully saturated rings. The first-order chi connectivity index (χ1) is 10.4. The molecule has 1 aromatic rings. The molecule has 122 valence electrons. The SMILES string of the molecule is Cc1c(C(=O)N2CC(C)CC2(C)C)nnn1C1CCNCC1. The molecule has 0 saturated carbocycles. The zero-order chi connectivity index (χ0) is 15.9. The number of hydrogen-bond acceptors (Lipinski definition) is 4. The topological polar surface area (TPSA) is 63.1 Å². The number of carbonyl (C=O) groups excluding carboxylic acids is 1. The van der Waals surface area contributed by atoms with E-state index in [9.17, 15) is 4.79 Å². The van der Waals surface area contributed by atoms with Gasteiger partial charge in [-0.1, -0.05) is 12.1 Å². The van der Waals surface area contributed by atoms with Crippen LogP contribution in [0.1, 0.15) is 62.3 Å². The minimum atomic E-state index is -0.0958. The predicted octanol–water partition coefficient (Wildman–Crippen LogP) is 1.77. The first kappa shape index (κ1) is 15.5. The van der Waals surface area contributed by atoms with Gasteiger partial charge >= 0.3 is 0 Å². The van der Waals surface area contributed by atoms with E-state index in [4.69, 9.17) is 0 Å². The van der Waals surface area contributed by atoms with Crippen molar-refractivity contribution in [1.29, 1.82) is 0 Å². The first-order valence-electron chi connectivity index (χ1n) is 8.34. The van der Waals surface area contributed by atoms with Crippen molar-refractivity contribution in [3.63, 3.8) is 0 Å². The van der Waals surface area contributed by atoms with Crippen LogP contribution in [0.25, 0.3) is 0 Å². The van der Waals surface area contributed by atoms with E-state index in [0.717, 1.165) is 44.6 Å². The van der Waals surface area contributed by atoms with Gasteiger partial charge in [-0.3, -0.25) is 4.79 Å². The van der Waals surface area contributed by atoms with Crippen molar-refractivity contribution in [2.24, 2.45) is 5.92 Å². The van der Waals surface area contributed by atoms with Crippen LogP contribution >= 0.6 is 0 Å². The van der Waals surface area contributed by atoms with Crippen LogP contribution in [0.15, 0.2) is 0 Å². The van der Waals surface area contributed by atoms with Crippen molar-refractivity contribution < 1.29 is 4.79 Å². The third kappa shape index (κ3) is 2.64. The summed E-state index contributed by atoms with van der Waals surface area (Å²) < 4.78 is 1.96. The van der Waals surface area contributed by atoms with E-state index in [-0.39, 0.29) is 11.4 Å². The van der Waals surface area contributed by atoms with Crippen LogP contribution in [0.2, 0.25) is 0 Å². The van der Waals surface area contributed by atoms with E-state index in [0.29, 0.717) is 17.7 Å². The Bertz CT molecular complexity index is 559. The van der Waals surface area contributed by atoms with Gasteiger partial charge in [-0.25, -0.2) is 4.68 Å². The van der Waals surface area contributed by atoms with Crippen molar-refractivity contribution in [2.45, 2.75) is 58.5 Å². The van der Waals surface area contributed by atoms with Gasteiger partial charge in [-0.2, -0.15) is 0 Å². The number of likely N-dealkylation sites (tertiary alicyclic amines) is 1. The van der Waals surface area contributed by atoms with Crippen molar-refractivity contribution in [1.82, 2.24) is 25.2 Å². The summed E-state index contributed by atoms with van der Waals surface area (Å²) in [7, 11) is 0. The normalized spacial score (nSPS) is 25.6. The molecule has 0 radical (unpaired) electrons. The van der Waals surface area contributed by atoms with Gasteiger partial charge < -0.3 is 10.2 Å². The standard InChI is InChI=1S/C16H27N5O/c1-11-9-16(3,4)20(10-11)15(22)14-12(2)21(19-18-14)13-5-7-17-8-6-13/h11,13,17H,5-10H2,1-4H3. The lowest BCUT2D eigenvalue weighted by Crippen LogP contribution is -2.43. The van der Waals surface area contributed by atoms with Crippen molar-refractivity contribution in [3.05, 3.63) is 11.4 Å². The van der Waals surface area contributed by atoms with Gasteiger partial charge in [0.2, 0.25) is 0 Å². The van der Waals surface area contributed by atoms with Crippen LogP contribution in [0, 0.1) is 12.8 Å². The molecule has 0 aromatic carbocycles. The van der Waals surface area contributed by atoms with Gasteiger partial charge in [-0.15, -0.1) is 5.10 Å². The fraction of sp³-hybridized carbons (Fsp3) is 0.812. The molecule has 3 heterocycles. The highest BCUT2D eigenvalue weighted by molar-refractivity contribution is 5.94. The van der Waals surface area contributed by atoms with E-state index in [1.54, 1.807) is 0 Å². The Morgan fingerprint density at radius 2 is 2.00 bits per heavy atom. The van der Waals surface area contributed by atoms with E-state index in [1.807, 2.05) is 16.5 Å². The number of carbonyl (C=O) groups is 1. The zero-order valence-electron chi connectivity index (χ0n) is 14.1. The minimum Gasteiger partial charge on any atom is -0.332 e. The lowest BCUT2D eigenvalue weighted by atomic mass is 9.97. The van der Waals surface area contributed by atoms with E-state index < -0.39 is 0 Å². The Kier molecular flexibility index (Phi) is 3.97. The van der Waals surface area contributed by atoms with Crippen LogP contribution in [0.4, 0.5) is 0 Å². The quantitative estimate of drug-likeness (QED) is 0.904. The molecule has 6 nitrogen and oxygen atoms in total. The third-order valence-electron chi connectivity index (χ3n) is 5.10. The Hall–Kier alpha value is -1.43. The van der Waals surface area contributed by atoms with E-state index >= 15 is 0 Å². The molecule has 1 amide bonds. The van der Waals surface area contributed by atoms with Crippen LogP contribution in [0.3, 0.4) is 0 Å². The lowest BCUT2D eigenvalue weighted by Gasteiger charge is -2.31. The van der Waals surface area contributed by atoms with Gasteiger partial charge in [-0.05, 0) is 59.0 Å². The molecule has 1 atom stereocenters. The molecule has 2 aliphatic heterocycles. The molecule has 6 heteroatoms. The maximum atomic E-state index is 12.9. The third-order valence-corrected chi connectivity index (χ3v) is 5.10. The summed E-state index contributed by atoms with van der Waals surface area (Å²) in [6.07, 6.45) is 3.13. The molecule has 1 N–H and O–H groups in total. The average Bonchev–Trinajstić information content (AvgIpc) is 2.98. The van der Waals surface area contributed by atoms with Gasteiger partial charge in [0.25, 0.3) is 5.91 Å². The Morgan fingerprint density at radius 1 is 1.32 bits per heavy atom. The smallest absolute Gasteiger partial charge is 0.276 e. The van der Waals surface area contributed by atoms with E-state index in [1.165, 1.54) is 0 Å². The molecule has 2 aliphatic rings. The van der Waals surface area contributed by atoms with Crippen LogP contribution in [-0.4, -0.2) is 51.0 Å². The monoisotopic (exact) mass is 305 g/mol. The van der Waals surface area contributed by atoms with Crippen LogP contribution in [0.5, 0.6) is 0 Å². The molecule has 3 rings (SSSR count). The van der Waals surface area contributed by atoms with Crippen LogP contribution in [-0.2, 0) is 0 Å². The van der Waals surface area contributed by atoms with Crippen molar-refractivity contribution in [2.75, 3.05) is 19.6 Å². The van der Waals surface area contributed by atoms with Gasteiger partial charge in [0, 0.05) is 12.1 Å². The summed E-state index contributed by atoms with van der Waals surface area (Å²) in [5, 5.41) is 11.9. The molecule has 0 bridgehead atoms. The Labute approximate surface area is 132 Å². The first-order valence-corrected chi connectivity index (χ1v) is 8.34. The van der Waals surface area contributed by atoms with Gasteiger partial charge in [0.1, 0.15) is 0 Å². The molecular weight excluding hydrogens is 278 g/mol. The number of aromatic nitrogens is 3. The summed E-state index contributed by atoms with van der Waals surface area (Å²) in [6, 6.07) is 0.362. The second kappa shape index (κ2) is 5.65. The van der Waals surface area contributed by atoms with Gasteiger partial charge in [0.15, 0.2) is 5.69 Å². The minimum absolute atomic E-state index is 0.0343. The second-order valence-corrected chi connectivity index (χ2v) is 7.49. The average molecular weight is 305 g/mol. The number of hydrogen-bond donors (Lipinski definition) is 1. The molecular formula is C16H27N5O. The van der Waals surface area contributed by atoms with Crippen molar-refractivity contribution >= 4 is 5.91 Å². The summed E-state index contributed by atoms with van der Waals surface area (Å²) in [5.74, 6) is 0.575. The lowest BCUT2D eigenvalue weighted by molar-refractivity contribution is 0.0643. The number of nitrogens with zero attached hydrogens (tertiary/aromatic N) is 4. The molecule has 22 heavy (non-hydrogen) atoms.